The number of quaternary nitrogens is 1. The first kappa shape index (κ1) is 26.5. The van der Waals surface area contributed by atoms with Crippen LogP contribution < -0.4 is 9.83 Å². The van der Waals surface area contributed by atoms with Crippen LogP contribution in [0.4, 0.5) is 13.2 Å². The fourth-order valence-electron chi connectivity index (χ4n) is 2.23. The number of carbonyl (C=O) groups is 2. The number of carboxylic acids is 2. The summed E-state index contributed by atoms with van der Waals surface area (Å²) in [7, 11) is 1.80. The number of carboxylic acid groups (broad SMARTS) is 2. The zero-order valence-corrected chi connectivity index (χ0v) is 18.2. The minimum atomic E-state index is -5.19. The molecule has 0 radical (unpaired) electrons. The number of carbonyl (C=O) groups excluding carboxylic acids is 1. The monoisotopic (exact) mass is 487 g/mol. The summed E-state index contributed by atoms with van der Waals surface area (Å²) >= 11 is 1.04. The standard InChI is InChI=1S/C14H19N3O5S2.C2HF3O2/c1-17(2,3)9-10(8-13(18)19)16-24(20,21)14-5-4-12(23-14)11-6-7-15-22-11;3-2(4,5)1(6)7/h4-7,10,16H,8-9H2,1-3H3;(H,6,7). The van der Waals surface area contributed by atoms with E-state index in [0.29, 0.717) is 21.7 Å². The molecule has 0 aliphatic carbocycles. The molecule has 0 amide bonds. The Hall–Kier alpha value is -2.49. The molecule has 2 aromatic rings. The Labute approximate surface area is 179 Å². The van der Waals surface area contributed by atoms with E-state index < -0.39 is 34.2 Å². The minimum Gasteiger partial charge on any atom is -0.542 e. The minimum absolute atomic E-state index is 0.102. The van der Waals surface area contributed by atoms with Crippen LogP contribution in [0.15, 0.2) is 33.1 Å². The molecule has 0 bridgehead atoms. The molecule has 31 heavy (non-hydrogen) atoms. The van der Waals surface area contributed by atoms with Crippen LogP contribution in [0.2, 0.25) is 0 Å². The van der Waals surface area contributed by atoms with Crippen LogP contribution in [0.5, 0.6) is 0 Å². The number of nitrogens with one attached hydrogen (secondary N) is 1. The summed E-state index contributed by atoms with van der Waals surface area (Å²) in [5, 5.41) is 21.4. The van der Waals surface area contributed by atoms with Crippen molar-refractivity contribution in [2.75, 3.05) is 27.7 Å². The maximum atomic E-state index is 12.5. The second kappa shape index (κ2) is 10.2. The van der Waals surface area contributed by atoms with Crippen molar-refractivity contribution in [3.05, 3.63) is 24.4 Å². The number of likely N-dealkylation sites (N-methyl/N-ethyl adjacent to an activating group) is 1. The van der Waals surface area contributed by atoms with Gasteiger partial charge in [-0.2, -0.15) is 13.2 Å². The molecule has 0 fully saturated rings. The Balaban J connectivity index is 0.000000592. The second-order valence-electron chi connectivity index (χ2n) is 7.17. The fraction of sp³-hybridized carbons (Fsp3) is 0.438. The molecule has 2 rings (SSSR count). The summed E-state index contributed by atoms with van der Waals surface area (Å²) in [5.41, 5.74) is 0. The third-order valence-corrected chi connectivity index (χ3v) is 6.38. The Morgan fingerprint density at radius 3 is 2.29 bits per heavy atom. The number of aromatic nitrogens is 1. The van der Waals surface area contributed by atoms with Crippen molar-refractivity contribution in [1.29, 1.82) is 0 Å². The predicted octanol–water partition coefficient (Wildman–Crippen LogP) is 0.529. The van der Waals surface area contributed by atoms with Gasteiger partial charge in [0, 0.05) is 6.07 Å². The lowest BCUT2D eigenvalue weighted by molar-refractivity contribution is -0.871. The summed E-state index contributed by atoms with van der Waals surface area (Å²) in [4.78, 5) is 20.4. The van der Waals surface area contributed by atoms with E-state index in [9.17, 15) is 26.4 Å². The zero-order chi connectivity index (χ0) is 24.0. The van der Waals surface area contributed by atoms with Crippen LogP contribution in [-0.4, -0.2) is 75.0 Å². The lowest BCUT2D eigenvalue weighted by atomic mass is 10.2. The summed E-state index contributed by atoms with van der Waals surface area (Å²) in [6, 6.07) is 4.03. The van der Waals surface area contributed by atoms with Crippen molar-refractivity contribution in [2.45, 2.75) is 22.8 Å². The predicted molar refractivity (Wildman–Crippen MR) is 100 cm³/mol. The van der Waals surface area contributed by atoms with Crippen molar-refractivity contribution in [3.63, 3.8) is 0 Å². The molecule has 2 aromatic heterocycles. The Kier molecular flexibility index (Phi) is 8.74. The Morgan fingerprint density at radius 2 is 1.87 bits per heavy atom. The van der Waals surface area contributed by atoms with Crippen molar-refractivity contribution >= 4 is 33.3 Å². The molecule has 1 atom stereocenters. The van der Waals surface area contributed by atoms with Crippen molar-refractivity contribution in [1.82, 2.24) is 9.88 Å². The van der Waals surface area contributed by atoms with Gasteiger partial charge in [0.2, 0.25) is 0 Å². The molecule has 15 heteroatoms. The van der Waals surface area contributed by atoms with Gasteiger partial charge in [-0.3, -0.25) is 4.79 Å². The van der Waals surface area contributed by atoms with Gasteiger partial charge >= 0.3 is 12.1 Å². The van der Waals surface area contributed by atoms with Gasteiger partial charge in [-0.1, -0.05) is 5.16 Å². The highest BCUT2D eigenvalue weighted by Gasteiger charge is 2.29. The molecule has 0 aliphatic rings. The highest BCUT2D eigenvalue weighted by Crippen LogP contribution is 2.30. The molecular weight excluding hydrogens is 467 g/mol. The second-order valence-corrected chi connectivity index (χ2v) is 10.2. The van der Waals surface area contributed by atoms with E-state index in [2.05, 4.69) is 9.88 Å². The van der Waals surface area contributed by atoms with Crippen LogP contribution in [0.3, 0.4) is 0 Å². The van der Waals surface area contributed by atoms with Gasteiger partial charge in [0.15, 0.2) is 5.76 Å². The van der Waals surface area contributed by atoms with E-state index >= 15 is 0 Å². The summed E-state index contributed by atoms with van der Waals surface area (Å²) in [5.74, 6) is -3.58. The fourth-order valence-corrected chi connectivity index (χ4v) is 4.74. The molecule has 10 nitrogen and oxygen atoms in total. The zero-order valence-electron chi connectivity index (χ0n) is 16.5. The highest BCUT2D eigenvalue weighted by molar-refractivity contribution is 7.91. The number of halogens is 3. The quantitative estimate of drug-likeness (QED) is 0.512. The number of hydrogen-bond acceptors (Lipinski definition) is 8. The molecule has 0 spiro atoms. The van der Waals surface area contributed by atoms with Gasteiger partial charge < -0.3 is 24.0 Å². The first-order chi connectivity index (χ1) is 14.0. The highest BCUT2D eigenvalue weighted by atomic mass is 32.2. The van der Waals surface area contributed by atoms with Crippen LogP contribution in [-0.2, 0) is 19.6 Å². The average Bonchev–Trinajstić information content (AvgIpc) is 3.23. The van der Waals surface area contributed by atoms with Crippen molar-refractivity contribution in [3.8, 4) is 10.6 Å². The maximum Gasteiger partial charge on any atom is 0.430 e. The number of sulfonamides is 1. The summed E-state index contributed by atoms with van der Waals surface area (Å²) in [6.07, 6.45) is -4.00. The first-order valence-corrected chi connectivity index (χ1v) is 10.6. The molecule has 0 saturated carbocycles. The summed E-state index contributed by atoms with van der Waals surface area (Å²) < 4.78 is 64.7. The van der Waals surface area contributed by atoms with Gasteiger partial charge in [-0.15, -0.1) is 11.3 Å². The molecule has 2 heterocycles. The van der Waals surface area contributed by atoms with Crippen molar-refractivity contribution < 1.29 is 50.4 Å². The summed E-state index contributed by atoms with van der Waals surface area (Å²) in [6.45, 7) is 0.353. The third kappa shape index (κ3) is 9.46. The van der Waals surface area contributed by atoms with E-state index in [0.717, 1.165) is 11.3 Å². The van der Waals surface area contributed by atoms with Crippen LogP contribution in [0.25, 0.3) is 10.6 Å². The van der Waals surface area contributed by atoms with E-state index in [4.69, 9.17) is 19.5 Å². The lowest BCUT2D eigenvalue weighted by Crippen LogP contribution is -2.49. The number of nitrogens with zero attached hydrogens (tertiary/aromatic N) is 2. The van der Waals surface area contributed by atoms with Gasteiger partial charge in [0.1, 0.15) is 10.2 Å². The largest absolute Gasteiger partial charge is 0.542 e. The lowest BCUT2D eigenvalue weighted by Gasteiger charge is -2.28. The molecule has 0 aliphatic heterocycles. The molecule has 0 aromatic carbocycles. The normalized spacial score (nSPS) is 13.2. The SMILES string of the molecule is C[N+](C)(C)CC(CC(=O)O)NS(=O)(=O)c1ccc(-c2ccno2)s1.O=C([O-])C(F)(F)F. The number of aliphatic carboxylic acids is 2. The maximum absolute atomic E-state index is 12.5. The van der Waals surface area contributed by atoms with Gasteiger partial charge in [0.25, 0.3) is 10.0 Å². The van der Waals surface area contributed by atoms with Crippen molar-refractivity contribution in [2.24, 2.45) is 0 Å². The van der Waals surface area contributed by atoms with Gasteiger partial charge in [0.05, 0.1) is 51.2 Å². The molecule has 174 valence electrons. The topological polar surface area (TPSA) is 150 Å². The van der Waals surface area contributed by atoms with E-state index in [1.807, 2.05) is 21.1 Å². The number of alkyl halides is 3. The number of rotatable bonds is 8. The third-order valence-electron chi connectivity index (χ3n) is 3.27. The van der Waals surface area contributed by atoms with Crippen LogP contribution in [0, 0.1) is 0 Å². The van der Waals surface area contributed by atoms with Crippen LogP contribution in [0.1, 0.15) is 6.42 Å². The average molecular weight is 487 g/mol. The van der Waals surface area contributed by atoms with E-state index in [-0.39, 0.29) is 10.6 Å². The van der Waals surface area contributed by atoms with E-state index in [1.54, 1.807) is 12.1 Å². The first-order valence-electron chi connectivity index (χ1n) is 8.35. The molecular formula is C16H20F3N3O7S2. The molecule has 0 saturated heterocycles. The van der Waals surface area contributed by atoms with Gasteiger partial charge in [-0.05, 0) is 12.1 Å². The smallest absolute Gasteiger partial charge is 0.430 e. The van der Waals surface area contributed by atoms with E-state index in [1.165, 1.54) is 12.3 Å². The Morgan fingerprint density at radius 1 is 1.29 bits per heavy atom. The van der Waals surface area contributed by atoms with Gasteiger partial charge in [-0.25, -0.2) is 13.1 Å². The Bertz CT molecular complexity index is 981. The molecule has 2 N–H and O–H groups in total. The number of hydrogen-bond donors (Lipinski definition) is 2. The van der Waals surface area contributed by atoms with Crippen LogP contribution >= 0.6 is 11.3 Å². The molecule has 1 unspecified atom stereocenters. The number of thiophene rings is 1.